The molecule has 0 radical (unpaired) electrons. The summed E-state index contributed by atoms with van der Waals surface area (Å²) in [5.41, 5.74) is 1.05. The maximum atomic E-state index is 12.9. The number of hydrogen-bond acceptors (Lipinski definition) is 5. The van der Waals surface area contributed by atoms with E-state index < -0.39 is 10.0 Å². The molecule has 0 unspecified atom stereocenters. The van der Waals surface area contributed by atoms with Gasteiger partial charge in [0.05, 0.1) is 0 Å². The summed E-state index contributed by atoms with van der Waals surface area (Å²) in [7, 11) is 2.24. The quantitative estimate of drug-likeness (QED) is 0.831. The minimum absolute atomic E-state index is 0.251. The van der Waals surface area contributed by atoms with E-state index in [-0.39, 0.29) is 4.90 Å². The van der Waals surface area contributed by atoms with E-state index in [2.05, 4.69) is 15.1 Å². The lowest BCUT2D eigenvalue weighted by Gasteiger charge is -2.34. The van der Waals surface area contributed by atoms with Crippen molar-refractivity contribution in [2.75, 3.05) is 27.2 Å². The van der Waals surface area contributed by atoms with Crippen LogP contribution in [0.25, 0.3) is 11.0 Å². The van der Waals surface area contributed by atoms with Crippen LogP contribution in [-0.4, -0.2) is 65.8 Å². The van der Waals surface area contributed by atoms with Crippen LogP contribution in [0.15, 0.2) is 23.1 Å². The second-order valence-corrected chi connectivity index (χ2v) is 7.82. The average Bonchev–Trinajstić information content (AvgIpc) is 2.87. The molecule has 1 aromatic carbocycles. The Balaban J connectivity index is 1.93. The monoisotopic (exact) mass is 323 g/mol. The average molecular weight is 323 g/mol. The van der Waals surface area contributed by atoms with Crippen molar-refractivity contribution >= 4 is 21.1 Å². The van der Waals surface area contributed by atoms with Gasteiger partial charge in [0.15, 0.2) is 0 Å². The van der Waals surface area contributed by atoms with Crippen molar-refractivity contribution in [2.24, 2.45) is 7.05 Å². The summed E-state index contributed by atoms with van der Waals surface area (Å²) in [5, 5.41) is 8.39. The third kappa shape index (κ3) is 2.62. The lowest BCUT2D eigenvalue weighted by atomic mass is 10.1. The Bertz CT molecular complexity index is 776. The molecular weight excluding hydrogens is 302 g/mol. The van der Waals surface area contributed by atoms with Crippen molar-refractivity contribution in [1.29, 1.82) is 0 Å². The van der Waals surface area contributed by atoms with Crippen LogP contribution in [0.5, 0.6) is 0 Å². The normalized spacial score (nSPS) is 18.4. The van der Waals surface area contributed by atoms with E-state index >= 15 is 0 Å². The van der Waals surface area contributed by atoms with Gasteiger partial charge in [-0.05, 0) is 39.1 Å². The van der Waals surface area contributed by atoms with Gasteiger partial charge in [-0.1, -0.05) is 6.07 Å². The molecule has 0 amide bonds. The van der Waals surface area contributed by atoms with Crippen LogP contribution in [0.1, 0.15) is 12.8 Å². The fourth-order valence-corrected chi connectivity index (χ4v) is 4.57. The molecule has 0 bridgehead atoms. The Labute approximate surface area is 130 Å². The van der Waals surface area contributed by atoms with Crippen molar-refractivity contribution in [3.8, 4) is 0 Å². The van der Waals surface area contributed by atoms with Crippen LogP contribution >= 0.6 is 0 Å². The number of aromatic nitrogens is 3. The first-order valence-corrected chi connectivity index (χ1v) is 8.80. The van der Waals surface area contributed by atoms with E-state index in [1.165, 1.54) is 4.80 Å². The zero-order chi connectivity index (χ0) is 15.9. The van der Waals surface area contributed by atoms with Gasteiger partial charge in [0.2, 0.25) is 10.0 Å². The fraction of sp³-hybridized carbons (Fsp3) is 0.571. The van der Waals surface area contributed by atoms with E-state index in [4.69, 9.17) is 0 Å². The van der Waals surface area contributed by atoms with E-state index in [0.29, 0.717) is 30.2 Å². The molecule has 1 aliphatic rings. The van der Waals surface area contributed by atoms with E-state index in [1.54, 1.807) is 29.6 Å². The molecule has 120 valence electrons. The highest BCUT2D eigenvalue weighted by atomic mass is 32.2. The van der Waals surface area contributed by atoms with Gasteiger partial charge in [-0.25, -0.2) is 8.42 Å². The van der Waals surface area contributed by atoms with Crippen LogP contribution in [0, 0.1) is 0 Å². The van der Waals surface area contributed by atoms with Gasteiger partial charge in [0.1, 0.15) is 15.9 Å². The largest absolute Gasteiger partial charge is 0.306 e. The predicted molar refractivity (Wildman–Crippen MR) is 84.0 cm³/mol. The molecule has 2 aromatic rings. The Morgan fingerprint density at radius 1 is 1.18 bits per heavy atom. The molecule has 22 heavy (non-hydrogen) atoms. The lowest BCUT2D eigenvalue weighted by molar-refractivity contribution is 0.196. The summed E-state index contributed by atoms with van der Waals surface area (Å²) in [5.74, 6) is 0. The molecule has 1 fully saturated rings. The molecule has 0 aliphatic carbocycles. The Hall–Kier alpha value is -1.51. The predicted octanol–water partition coefficient (Wildman–Crippen LogP) is 0.683. The lowest BCUT2D eigenvalue weighted by Crippen LogP contribution is -2.44. The minimum atomic E-state index is -3.53. The van der Waals surface area contributed by atoms with Crippen LogP contribution in [-0.2, 0) is 17.1 Å². The van der Waals surface area contributed by atoms with Crippen LogP contribution in [0.2, 0.25) is 0 Å². The van der Waals surface area contributed by atoms with Crippen molar-refractivity contribution in [3.05, 3.63) is 18.2 Å². The molecule has 3 rings (SSSR count). The van der Waals surface area contributed by atoms with E-state index in [9.17, 15) is 8.42 Å². The van der Waals surface area contributed by atoms with Crippen LogP contribution < -0.4 is 0 Å². The third-order valence-electron chi connectivity index (χ3n) is 4.25. The van der Waals surface area contributed by atoms with Crippen molar-refractivity contribution in [1.82, 2.24) is 24.2 Å². The summed E-state index contributed by atoms with van der Waals surface area (Å²) in [4.78, 5) is 3.82. The highest BCUT2D eigenvalue weighted by Crippen LogP contribution is 2.26. The summed E-state index contributed by atoms with van der Waals surface area (Å²) < 4.78 is 27.4. The molecule has 1 aromatic heterocycles. The Morgan fingerprint density at radius 3 is 2.50 bits per heavy atom. The summed E-state index contributed by atoms with van der Waals surface area (Å²) in [6.07, 6.45) is 1.70. The molecule has 1 saturated heterocycles. The smallest absolute Gasteiger partial charge is 0.245 e. The SMILES string of the molecule is CN(C)C1CCN(S(=O)(=O)c2cccc3nn(C)nc23)CC1. The molecule has 0 saturated carbocycles. The van der Waals surface area contributed by atoms with Gasteiger partial charge in [0.25, 0.3) is 0 Å². The van der Waals surface area contributed by atoms with Gasteiger partial charge in [-0.3, -0.25) is 0 Å². The summed E-state index contributed by atoms with van der Waals surface area (Å²) in [6.45, 7) is 1.09. The Morgan fingerprint density at radius 2 is 1.86 bits per heavy atom. The topological polar surface area (TPSA) is 71.3 Å². The van der Waals surface area contributed by atoms with Crippen molar-refractivity contribution < 1.29 is 8.42 Å². The number of fused-ring (bicyclic) bond motifs is 1. The first kappa shape index (κ1) is 15.4. The minimum Gasteiger partial charge on any atom is -0.306 e. The van der Waals surface area contributed by atoms with Gasteiger partial charge in [-0.15, -0.1) is 0 Å². The van der Waals surface area contributed by atoms with Gasteiger partial charge < -0.3 is 4.90 Å². The molecule has 0 spiro atoms. The maximum absolute atomic E-state index is 12.9. The number of benzene rings is 1. The summed E-state index contributed by atoms with van der Waals surface area (Å²) >= 11 is 0. The molecule has 0 N–H and O–H groups in total. The number of rotatable bonds is 3. The molecule has 1 aliphatic heterocycles. The number of sulfonamides is 1. The first-order valence-electron chi connectivity index (χ1n) is 7.36. The number of nitrogens with zero attached hydrogens (tertiary/aromatic N) is 5. The Kier molecular flexibility index (Phi) is 3.92. The zero-order valence-corrected chi connectivity index (χ0v) is 13.9. The van der Waals surface area contributed by atoms with Gasteiger partial charge in [0, 0.05) is 26.2 Å². The number of hydrogen-bond donors (Lipinski definition) is 0. The second-order valence-electron chi connectivity index (χ2n) is 5.91. The first-order chi connectivity index (χ1) is 10.4. The highest BCUT2D eigenvalue weighted by molar-refractivity contribution is 7.89. The van der Waals surface area contributed by atoms with Crippen LogP contribution in [0.3, 0.4) is 0 Å². The van der Waals surface area contributed by atoms with Gasteiger partial charge in [-0.2, -0.15) is 19.3 Å². The third-order valence-corrected chi connectivity index (χ3v) is 6.18. The molecular formula is C14H21N5O2S. The number of piperidine rings is 1. The van der Waals surface area contributed by atoms with Gasteiger partial charge >= 0.3 is 0 Å². The molecule has 2 heterocycles. The standard InChI is InChI=1S/C14H21N5O2S/c1-17(2)11-7-9-19(10-8-11)22(20,21)13-6-4-5-12-14(13)16-18(3)15-12/h4-6,11H,7-10H2,1-3H3. The molecule has 7 nitrogen and oxygen atoms in total. The molecule has 0 atom stereocenters. The number of aryl methyl sites for hydroxylation is 1. The summed E-state index contributed by atoms with van der Waals surface area (Å²) in [6, 6.07) is 5.55. The molecule has 8 heteroatoms. The second kappa shape index (κ2) is 5.60. The highest BCUT2D eigenvalue weighted by Gasteiger charge is 2.31. The zero-order valence-electron chi connectivity index (χ0n) is 13.1. The van der Waals surface area contributed by atoms with Crippen molar-refractivity contribution in [2.45, 2.75) is 23.8 Å². The maximum Gasteiger partial charge on any atom is 0.245 e. The van der Waals surface area contributed by atoms with E-state index in [0.717, 1.165) is 12.8 Å². The fourth-order valence-electron chi connectivity index (χ4n) is 2.96. The van der Waals surface area contributed by atoms with Crippen LogP contribution in [0.4, 0.5) is 0 Å². The van der Waals surface area contributed by atoms with E-state index in [1.807, 2.05) is 14.1 Å². The van der Waals surface area contributed by atoms with Crippen molar-refractivity contribution in [3.63, 3.8) is 0 Å².